The molecule has 0 bridgehead atoms. The maximum atomic E-state index is 11.8. The second kappa shape index (κ2) is 4.91. The van der Waals surface area contributed by atoms with Crippen molar-refractivity contribution in [3.05, 3.63) is 28.7 Å². The molecular formula is C10H13BrOS. The standard InChI is InChI=1S/C10H13BrOS/c1-8(2)7-13(12)10-6-4-3-5-9(10)11/h3-6,8H,7H2,1-2H3. The normalized spacial score (nSPS) is 13.2. The number of hydrogen-bond donors (Lipinski definition) is 0. The van der Waals surface area contributed by atoms with Gasteiger partial charge in [0, 0.05) is 10.2 Å². The Bertz CT molecular complexity index is 310. The molecular weight excluding hydrogens is 248 g/mol. The van der Waals surface area contributed by atoms with Gasteiger partial charge in [-0.3, -0.25) is 4.21 Å². The fourth-order valence-corrected chi connectivity index (χ4v) is 3.15. The third kappa shape index (κ3) is 3.24. The maximum absolute atomic E-state index is 11.8. The van der Waals surface area contributed by atoms with Gasteiger partial charge in [-0.2, -0.15) is 0 Å². The van der Waals surface area contributed by atoms with Crippen molar-refractivity contribution in [2.24, 2.45) is 5.92 Å². The Morgan fingerprint density at radius 2 is 2.00 bits per heavy atom. The summed E-state index contributed by atoms with van der Waals surface area (Å²) >= 11 is 3.39. The van der Waals surface area contributed by atoms with E-state index in [4.69, 9.17) is 0 Å². The van der Waals surface area contributed by atoms with E-state index in [1.807, 2.05) is 24.3 Å². The van der Waals surface area contributed by atoms with E-state index in [0.29, 0.717) is 5.92 Å². The van der Waals surface area contributed by atoms with E-state index < -0.39 is 10.8 Å². The quantitative estimate of drug-likeness (QED) is 0.816. The Morgan fingerprint density at radius 1 is 1.38 bits per heavy atom. The molecule has 0 heterocycles. The van der Waals surface area contributed by atoms with E-state index in [9.17, 15) is 4.21 Å². The second-order valence-electron chi connectivity index (χ2n) is 3.34. The monoisotopic (exact) mass is 260 g/mol. The van der Waals surface area contributed by atoms with Crippen LogP contribution in [0.3, 0.4) is 0 Å². The SMILES string of the molecule is CC(C)CS(=O)c1ccccc1Br. The number of hydrogen-bond acceptors (Lipinski definition) is 1. The molecule has 72 valence electrons. The van der Waals surface area contributed by atoms with Crippen molar-refractivity contribution < 1.29 is 4.21 Å². The van der Waals surface area contributed by atoms with Crippen LogP contribution in [0.2, 0.25) is 0 Å². The summed E-state index contributed by atoms with van der Waals surface area (Å²) in [6, 6.07) is 7.68. The molecule has 0 spiro atoms. The molecule has 13 heavy (non-hydrogen) atoms. The zero-order valence-corrected chi connectivity index (χ0v) is 10.2. The predicted molar refractivity (Wildman–Crippen MR) is 60.3 cm³/mol. The highest BCUT2D eigenvalue weighted by Gasteiger charge is 2.08. The minimum absolute atomic E-state index is 0.466. The highest BCUT2D eigenvalue weighted by molar-refractivity contribution is 9.10. The molecule has 0 aliphatic carbocycles. The average Bonchev–Trinajstić information content (AvgIpc) is 2.03. The van der Waals surface area contributed by atoms with Crippen molar-refractivity contribution in [2.75, 3.05) is 5.75 Å². The Hall–Kier alpha value is -0.150. The van der Waals surface area contributed by atoms with Crippen molar-refractivity contribution in [2.45, 2.75) is 18.7 Å². The van der Waals surface area contributed by atoms with Gasteiger partial charge in [0.25, 0.3) is 0 Å². The molecule has 1 aromatic carbocycles. The van der Waals surface area contributed by atoms with E-state index in [1.54, 1.807) is 0 Å². The minimum atomic E-state index is -0.872. The zero-order chi connectivity index (χ0) is 9.84. The highest BCUT2D eigenvalue weighted by atomic mass is 79.9. The number of rotatable bonds is 3. The van der Waals surface area contributed by atoms with Crippen molar-refractivity contribution in [1.29, 1.82) is 0 Å². The molecule has 1 rings (SSSR count). The van der Waals surface area contributed by atoms with Crippen LogP contribution in [0.15, 0.2) is 33.6 Å². The summed E-state index contributed by atoms with van der Waals surface area (Å²) < 4.78 is 12.7. The lowest BCUT2D eigenvalue weighted by Gasteiger charge is -2.06. The molecule has 1 aromatic rings. The molecule has 1 nitrogen and oxygen atoms in total. The summed E-state index contributed by atoms with van der Waals surface area (Å²) in [4.78, 5) is 0.899. The molecule has 0 radical (unpaired) electrons. The minimum Gasteiger partial charge on any atom is -0.254 e. The second-order valence-corrected chi connectivity index (χ2v) is 5.65. The molecule has 0 fully saturated rings. The van der Waals surface area contributed by atoms with Crippen LogP contribution in [0.25, 0.3) is 0 Å². The van der Waals surface area contributed by atoms with Crippen LogP contribution in [-0.2, 0) is 10.8 Å². The lowest BCUT2D eigenvalue weighted by molar-refractivity contribution is 0.664. The Kier molecular flexibility index (Phi) is 4.13. The van der Waals surface area contributed by atoms with Crippen molar-refractivity contribution in [3.8, 4) is 0 Å². The van der Waals surface area contributed by atoms with E-state index in [-0.39, 0.29) is 0 Å². The Morgan fingerprint density at radius 3 is 2.54 bits per heavy atom. The lowest BCUT2D eigenvalue weighted by atomic mass is 10.3. The first-order valence-electron chi connectivity index (χ1n) is 4.24. The first-order chi connectivity index (χ1) is 6.11. The van der Waals surface area contributed by atoms with E-state index >= 15 is 0 Å². The van der Waals surface area contributed by atoms with Crippen LogP contribution in [-0.4, -0.2) is 9.96 Å². The molecule has 0 aliphatic heterocycles. The molecule has 0 aliphatic rings. The van der Waals surface area contributed by atoms with Crippen LogP contribution >= 0.6 is 15.9 Å². The Labute approximate surface area is 90.1 Å². The van der Waals surface area contributed by atoms with Crippen molar-refractivity contribution >= 4 is 26.7 Å². The topological polar surface area (TPSA) is 17.1 Å². The van der Waals surface area contributed by atoms with E-state index in [1.165, 1.54) is 0 Å². The first kappa shape index (κ1) is 10.9. The molecule has 0 saturated heterocycles. The Balaban J connectivity index is 2.83. The highest BCUT2D eigenvalue weighted by Crippen LogP contribution is 2.20. The van der Waals surface area contributed by atoms with Crippen LogP contribution in [0.4, 0.5) is 0 Å². The van der Waals surface area contributed by atoms with Gasteiger partial charge in [0.05, 0.1) is 15.7 Å². The molecule has 1 unspecified atom stereocenters. The average molecular weight is 261 g/mol. The molecule has 3 heteroatoms. The van der Waals surface area contributed by atoms with Gasteiger partial charge >= 0.3 is 0 Å². The third-order valence-electron chi connectivity index (χ3n) is 1.57. The largest absolute Gasteiger partial charge is 0.254 e. The molecule has 0 aromatic heterocycles. The summed E-state index contributed by atoms with van der Waals surface area (Å²) in [5, 5.41) is 0. The van der Waals surface area contributed by atoms with Crippen LogP contribution in [0, 0.1) is 5.92 Å². The van der Waals surface area contributed by atoms with Gasteiger partial charge in [-0.15, -0.1) is 0 Å². The summed E-state index contributed by atoms with van der Waals surface area (Å²) in [5.41, 5.74) is 0. The summed E-state index contributed by atoms with van der Waals surface area (Å²) in [7, 11) is -0.872. The molecule has 0 N–H and O–H groups in total. The molecule has 0 amide bonds. The fraction of sp³-hybridized carbons (Fsp3) is 0.400. The summed E-state index contributed by atoms with van der Waals surface area (Å²) in [6.07, 6.45) is 0. The van der Waals surface area contributed by atoms with E-state index in [2.05, 4.69) is 29.8 Å². The van der Waals surface area contributed by atoms with Gasteiger partial charge < -0.3 is 0 Å². The number of benzene rings is 1. The first-order valence-corrected chi connectivity index (χ1v) is 6.35. The van der Waals surface area contributed by atoms with Crippen LogP contribution in [0.5, 0.6) is 0 Å². The van der Waals surface area contributed by atoms with Gasteiger partial charge in [0.15, 0.2) is 0 Å². The fourth-order valence-electron chi connectivity index (χ4n) is 1.02. The summed E-state index contributed by atoms with van der Waals surface area (Å²) in [5.74, 6) is 1.19. The maximum Gasteiger partial charge on any atom is 0.0543 e. The zero-order valence-electron chi connectivity index (χ0n) is 7.79. The van der Waals surface area contributed by atoms with Crippen LogP contribution in [0.1, 0.15) is 13.8 Å². The molecule has 1 atom stereocenters. The van der Waals surface area contributed by atoms with Crippen LogP contribution < -0.4 is 0 Å². The number of halogens is 1. The molecule has 0 saturated carbocycles. The van der Waals surface area contributed by atoms with Gasteiger partial charge in [-0.1, -0.05) is 26.0 Å². The van der Waals surface area contributed by atoms with Gasteiger partial charge in [0.2, 0.25) is 0 Å². The smallest absolute Gasteiger partial charge is 0.0543 e. The third-order valence-corrected chi connectivity index (χ3v) is 4.34. The van der Waals surface area contributed by atoms with Gasteiger partial charge in [-0.05, 0) is 34.0 Å². The summed E-state index contributed by atoms with van der Waals surface area (Å²) in [6.45, 7) is 4.16. The van der Waals surface area contributed by atoms with Gasteiger partial charge in [0.1, 0.15) is 0 Å². The predicted octanol–water partition coefficient (Wildman–Crippen LogP) is 3.21. The van der Waals surface area contributed by atoms with Crippen molar-refractivity contribution in [1.82, 2.24) is 0 Å². The lowest BCUT2D eigenvalue weighted by Crippen LogP contribution is -2.04. The van der Waals surface area contributed by atoms with Gasteiger partial charge in [-0.25, -0.2) is 0 Å². The van der Waals surface area contributed by atoms with E-state index in [0.717, 1.165) is 15.1 Å². The van der Waals surface area contributed by atoms with Crippen molar-refractivity contribution in [3.63, 3.8) is 0 Å².